The highest BCUT2D eigenvalue weighted by Crippen LogP contribution is 2.30. The third-order valence-corrected chi connectivity index (χ3v) is 5.29. The molecule has 0 amide bonds. The molecule has 0 spiro atoms. The molecule has 0 aliphatic heterocycles. The van der Waals surface area contributed by atoms with E-state index in [1.54, 1.807) is 12.1 Å². The van der Waals surface area contributed by atoms with E-state index in [2.05, 4.69) is 9.88 Å². The number of nitrogens with zero attached hydrogens (tertiary/aromatic N) is 1. The summed E-state index contributed by atoms with van der Waals surface area (Å²) in [6.45, 7) is 2.75. The molecule has 1 heterocycles. The number of hydrogen-bond donors (Lipinski definition) is 1. The summed E-state index contributed by atoms with van der Waals surface area (Å²) >= 11 is 0. The first-order valence-electron chi connectivity index (χ1n) is 10.5. The fourth-order valence-corrected chi connectivity index (χ4v) is 3.83. The first-order valence-corrected chi connectivity index (χ1v) is 10.5. The molecular formula is C26H23F3N2O2. The summed E-state index contributed by atoms with van der Waals surface area (Å²) in [6.07, 6.45) is -2.34. The number of rotatable bonds is 7. The number of alkyl halides is 3. The van der Waals surface area contributed by atoms with Crippen molar-refractivity contribution in [3.8, 4) is 5.75 Å². The van der Waals surface area contributed by atoms with Crippen molar-refractivity contribution < 1.29 is 22.7 Å². The minimum absolute atomic E-state index is 0.291. The molecule has 1 N–H and O–H groups in total. The molecule has 170 valence electrons. The van der Waals surface area contributed by atoms with Crippen LogP contribution in [0.4, 0.5) is 13.2 Å². The maximum atomic E-state index is 13.0. The summed E-state index contributed by atoms with van der Waals surface area (Å²) in [5.41, 5.74) is 2.97. The lowest BCUT2D eigenvalue weighted by Gasteiger charge is -2.09. The third kappa shape index (κ3) is 5.62. The molecule has 0 saturated carbocycles. The Morgan fingerprint density at radius 1 is 0.939 bits per heavy atom. The van der Waals surface area contributed by atoms with Crippen LogP contribution in [-0.2, 0) is 30.6 Å². The van der Waals surface area contributed by atoms with Crippen molar-refractivity contribution in [3.63, 3.8) is 0 Å². The van der Waals surface area contributed by atoms with Crippen molar-refractivity contribution in [2.45, 2.75) is 32.7 Å². The van der Waals surface area contributed by atoms with Gasteiger partial charge in [0, 0.05) is 43.7 Å². The van der Waals surface area contributed by atoms with Gasteiger partial charge in [-0.3, -0.25) is 4.79 Å². The molecule has 0 fully saturated rings. The zero-order chi connectivity index (χ0) is 23.4. The van der Waals surface area contributed by atoms with Crippen LogP contribution in [-0.4, -0.2) is 10.5 Å². The Morgan fingerprint density at radius 3 is 2.42 bits per heavy atom. The van der Waals surface area contributed by atoms with Gasteiger partial charge >= 0.3 is 12.1 Å². The number of halogens is 3. The normalized spacial score (nSPS) is 11.6. The number of hydrogen-bond acceptors (Lipinski definition) is 3. The van der Waals surface area contributed by atoms with Crippen LogP contribution in [0.2, 0.25) is 0 Å². The largest absolute Gasteiger partial charge is 0.427 e. The van der Waals surface area contributed by atoms with E-state index in [1.165, 1.54) is 13.0 Å². The zero-order valence-electron chi connectivity index (χ0n) is 18.0. The van der Waals surface area contributed by atoms with E-state index in [-0.39, 0.29) is 0 Å². The van der Waals surface area contributed by atoms with Crippen LogP contribution in [0.1, 0.15) is 29.2 Å². The van der Waals surface area contributed by atoms with Gasteiger partial charge in [-0.05, 0) is 41.0 Å². The van der Waals surface area contributed by atoms with Gasteiger partial charge in [0.05, 0.1) is 5.56 Å². The maximum Gasteiger partial charge on any atom is 0.416 e. The van der Waals surface area contributed by atoms with Crippen LogP contribution < -0.4 is 10.1 Å². The summed E-state index contributed by atoms with van der Waals surface area (Å²) in [4.78, 5) is 11.4. The lowest BCUT2D eigenvalue weighted by molar-refractivity contribution is -0.137. The zero-order valence-corrected chi connectivity index (χ0v) is 18.0. The van der Waals surface area contributed by atoms with Gasteiger partial charge < -0.3 is 14.6 Å². The van der Waals surface area contributed by atoms with E-state index in [0.29, 0.717) is 30.9 Å². The molecule has 33 heavy (non-hydrogen) atoms. The highest BCUT2D eigenvalue weighted by atomic mass is 19.4. The van der Waals surface area contributed by atoms with Crippen LogP contribution in [0, 0.1) is 0 Å². The van der Waals surface area contributed by atoms with Crippen LogP contribution in [0.25, 0.3) is 10.9 Å². The monoisotopic (exact) mass is 452 g/mol. The second-order valence-corrected chi connectivity index (χ2v) is 7.84. The van der Waals surface area contributed by atoms with Gasteiger partial charge in [-0.1, -0.05) is 48.5 Å². The molecule has 4 aromatic rings. The Balaban J connectivity index is 1.58. The lowest BCUT2D eigenvalue weighted by Crippen LogP contribution is -2.13. The van der Waals surface area contributed by atoms with E-state index in [0.717, 1.165) is 34.2 Å². The minimum Gasteiger partial charge on any atom is -0.427 e. The predicted molar refractivity (Wildman–Crippen MR) is 121 cm³/mol. The Hall–Kier alpha value is -3.58. The fourth-order valence-electron chi connectivity index (χ4n) is 3.83. The van der Waals surface area contributed by atoms with Gasteiger partial charge in [0.1, 0.15) is 5.75 Å². The standard InChI is InChI=1S/C26H23F3N2O2/c1-18(32)33-23-10-11-25-24(13-23)21(17-31(25)16-19-6-3-2-4-7-19)15-30-14-20-8-5-9-22(12-20)26(27,28)29/h2-13,17,30H,14-16H2,1H3. The Bertz CT molecular complexity index is 1260. The minimum atomic E-state index is -4.37. The molecule has 0 aliphatic rings. The molecule has 0 aliphatic carbocycles. The quantitative estimate of drug-likeness (QED) is 0.279. The van der Waals surface area contributed by atoms with Crippen molar-refractivity contribution in [1.82, 2.24) is 9.88 Å². The first-order chi connectivity index (χ1) is 15.8. The number of nitrogens with one attached hydrogen (secondary N) is 1. The predicted octanol–water partition coefficient (Wildman–Crippen LogP) is 5.92. The third-order valence-electron chi connectivity index (χ3n) is 5.29. The molecule has 0 saturated heterocycles. The second kappa shape index (κ2) is 9.50. The number of ether oxygens (including phenoxy) is 1. The van der Waals surface area contributed by atoms with Crippen LogP contribution >= 0.6 is 0 Å². The van der Waals surface area contributed by atoms with Crippen LogP contribution in [0.15, 0.2) is 79.0 Å². The molecular weight excluding hydrogens is 429 g/mol. The molecule has 0 atom stereocenters. The summed E-state index contributed by atoms with van der Waals surface area (Å²) < 4.78 is 46.3. The average molecular weight is 452 g/mol. The molecule has 0 unspecified atom stereocenters. The average Bonchev–Trinajstić information content (AvgIpc) is 3.10. The van der Waals surface area contributed by atoms with E-state index in [1.807, 2.05) is 48.7 Å². The topological polar surface area (TPSA) is 43.3 Å². The molecule has 4 rings (SSSR count). The number of carbonyl (C=O) groups is 1. The van der Waals surface area contributed by atoms with Gasteiger partial charge in [0.2, 0.25) is 0 Å². The van der Waals surface area contributed by atoms with Crippen molar-refractivity contribution in [2.24, 2.45) is 0 Å². The first kappa shape index (κ1) is 22.6. The summed E-state index contributed by atoms with van der Waals surface area (Å²) in [7, 11) is 0. The number of aromatic nitrogens is 1. The van der Waals surface area contributed by atoms with Gasteiger partial charge in [0.25, 0.3) is 0 Å². The van der Waals surface area contributed by atoms with E-state index < -0.39 is 17.7 Å². The molecule has 4 nitrogen and oxygen atoms in total. The molecule has 1 aromatic heterocycles. The summed E-state index contributed by atoms with van der Waals surface area (Å²) in [6, 6.07) is 20.8. The van der Waals surface area contributed by atoms with Gasteiger partial charge in [-0.15, -0.1) is 0 Å². The lowest BCUT2D eigenvalue weighted by atomic mass is 10.1. The number of benzene rings is 3. The molecule has 0 bridgehead atoms. The van der Waals surface area contributed by atoms with E-state index >= 15 is 0 Å². The van der Waals surface area contributed by atoms with Crippen molar-refractivity contribution in [2.75, 3.05) is 0 Å². The Labute approximate surface area is 189 Å². The highest BCUT2D eigenvalue weighted by molar-refractivity contribution is 5.86. The summed E-state index contributed by atoms with van der Waals surface area (Å²) in [5.74, 6) is 0.0499. The second-order valence-electron chi connectivity index (χ2n) is 7.84. The molecule has 7 heteroatoms. The molecule has 3 aromatic carbocycles. The van der Waals surface area contributed by atoms with Crippen molar-refractivity contribution in [1.29, 1.82) is 0 Å². The number of fused-ring (bicyclic) bond motifs is 1. The number of esters is 1. The van der Waals surface area contributed by atoms with E-state index in [9.17, 15) is 18.0 Å². The van der Waals surface area contributed by atoms with Crippen molar-refractivity contribution in [3.05, 3.63) is 101 Å². The maximum absolute atomic E-state index is 13.0. The van der Waals surface area contributed by atoms with Crippen LogP contribution in [0.3, 0.4) is 0 Å². The highest BCUT2D eigenvalue weighted by Gasteiger charge is 2.30. The van der Waals surface area contributed by atoms with E-state index in [4.69, 9.17) is 4.74 Å². The fraction of sp³-hybridized carbons (Fsp3) is 0.192. The van der Waals surface area contributed by atoms with Gasteiger partial charge in [-0.25, -0.2) is 0 Å². The molecule has 0 radical (unpaired) electrons. The Kier molecular flexibility index (Phi) is 6.51. The smallest absolute Gasteiger partial charge is 0.416 e. The van der Waals surface area contributed by atoms with Gasteiger partial charge in [-0.2, -0.15) is 13.2 Å². The SMILES string of the molecule is CC(=O)Oc1ccc2c(c1)c(CNCc1cccc(C(F)(F)F)c1)cn2Cc1ccccc1. The van der Waals surface area contributed by atoms with Crippen LogP contribution in [0.5, 0.6) is 5.75 Å². The summed E-state index contributed by atoms with van der Waals surface area (Å²) in [5, 5.41) is 4.16. The Morgan fingerprint density at radius 2 is 1.70 bits per heavy atom. The van der Waals surface area contributed by atoms with Crippen molar-refractivity contribution >= 4 is 16.9 Å². The number of carbonyl (C=O) groups excluding carboxylic acids is 1. The van der Waals surface area contributed by atoms with Gasteiger partial charge in [0.15, 0.2) is 0 Å².